The standard InChI is InChI=1S/C18H21N3O5S/c1-4-25-18(24)20-16(23)14-11-6-5-9(2)7-13(11)27-17(14)19-15(22)12-8-10(3)21-26-12/h8-9H,4-7H2,1-3H3,(H,19,22)(H,20,23,24). The van der Waals surface area contributed by atoms with Gasteiger partial charge in [0.05, 0.1) is 17.9 Å². The van der Waals surface area contributed by atoms with Gasteiger partial charge in [-0.1, -0.05) is 12.1 Å². The Morgan fingerprint density at radius 3 is 2.81 bits per heavy atom. The monoisotopic (exact) mass is 391 g/mol. The quantitative estimate of drug-likeness (QED) is 0.827. The van der Waals surface area contributed by atoms with Crippen LogP contribution in [-0.4, -0.2) is 29.7 Å². The van der Waals surface area contributed by atoms with Crippen LogP contribution in [0.3, 0.4) is 0 Å². The van der Waals surface area contributed by atoms with Crippen LogP contribution in [-0.2, 0) is 17.6 Å². The first kappa shape index (κ1) is 19.1. The number of nitrogens with zero attached hydrogens (tertiary/aromatic N) is 1. The highest BCUT2D eigenvalue weighted by Gasteiger charge is 2.30. The maximum absolute atomic E-state index is 12.7. The lowest BCUT2D eigenvalue weighted by atomic mass is 9.88. The molecule has 3 rings (SSSR count). The summed E-state index contributed by atoms with van der Waals surface area (Å²) in [5.74, 6) is -0.515. The van der Waals surface area contributed by atoms with Crippen molar-refractivity contribution in [1.82, 2.24) is 10.5 Å². The average Bonchev–Trinajstić information content (AvgIpc) is 3.17. The summed E-state index contributed by atoms with van der Waals surface area (Å²) in [4.78, 5) is 37.9. The lowest BCUT2D eigenvalue weighted by Gasteiger charge is -2.18. The van der Waals surface area contributed by atoms with E-state index in [-0.39, 0.29) is 12.4 Å². The Morgan fingerprint density at radius 2 is 2.15 bits per heavy atom. The van der Waals surface area contributed by atoms with E-state index < -0.39 is 17.9 Å². The fourth-order valence-corrected chi connectivity index (χ4v) is 4.44. The normalized spacial score (nSPS) is 15.7. The minimum atomic E-state index is -0.810. The molecule has 1 unspecified atom stereocenters. The highest BCUT2D eigenvalue weighted by atomic mass is 32.1. The van der Waals surface area contributed by atoms with E-state index >= 15 is 0 Å². The van der Waals surface area contributed by atoms with E-state index in [1.165, 1.54) is 17.4 Å². The van der Waals surface area contributed by atoms with Crippen molar-refractivity contribution in [3.05, 3.63) is 33.5 Å². The van der Waals surface area contributed by atoms with Gasteiger partial charge in [-0.05, 0) is 44.6 Å². The van der Waals surface area contributed by atoms with E-state index in [1.807, 2.05) is 0 Å². The van der Waals surface area contributed by atoms with Crippen LogP contribution in [0.4, 0.5) is 9.80 Å². The van der Waals surface area contributed by atoms with Crippen LogP contribution in [0.2, 0.25) is 0 Å². The summed E-state index contributed by atoms with van der Waals surface area (Å²) >= 11 is 1.36. The van der Waals surface area contributed by atoms with Crippen LogP contribution in [0.25, 0.3) is 0 Å². The number of anilines is 1. The van der Waals surface area contributed by atoms with Gasteiger partial charge >= 0.3 is 6.09 Å². The summed E-state index contributed by atoms with van der Waals surface area (Å²) in [6.07, 6.45) is 1.68. The summed E-state index contributed by atoms with van der Waals surface area (Å²) < 4.78 is 9.77. The number of hydrogen-bond acceptors (Lipinski definition) is 7. The molecule has 1 aliphatic rings. The first-order valence-corrected chi connectivity index (χ1v) is 9.58. The van der Waals surface area contributed by atoms with Crippen LogP contribution in [0, 0.1) is 12.8 Å². The second kappa shape index (κ2) is 7.91. The number of aromatic nitrogens is 1. The average molecular weight is 391 g/mol. The number of alkyl carbamates (subject to hydrolysis) is 1. The number of carbonyl (C=O) groups is 3. The molecular weight excluding hydrogens is 370 g/mol. The maximum atomic E-state index is 12.7. The Balaban J connectivity index is 1.91. The highest BCUT2D eigenvalue weighted by molar-refractivity contribution is 7.17. The molecule has 1 aliphatic carbocycles. The summed E-state index contributed by atoms with van der Waals surface area (Å²) in [5, 5.41) is 9.05. The van der Waals surface area contributed by atoms with E-state index in [9.17, 15) is 14.4 Å². The molecule has 0 aliphatic heterocycles. The molecule has 0 aromatic carbocycles. The lowest BCUT2D eigenvalue weighted by molar-refractivity contribution is 0.0925. The number of ether oxygens (including phenoxy) is 1. The fraction of sp³-hybridized carbons (Fsp3) is 0.444. The van der Waals surface area contributed by atoms with Crippen LogP contribution in [0.15, 0.2) is 10.6 Å². The number of aryl methyl sites for hydroxylation is 1. The van der Waals surface area contributed by atoms with Crippen molar-refractivity contribution in [2.24, 2.45) is 5.92 Å². The number of carbonyl (C=O) groups excluding carboxylic acids is 3. The number of fused-ring (bicyclic) bond motifs is 1. The summed E-state index contributed by atoms with van der Waals surface area (Å²) in [7, 11) is 0. The van der Waals surface area contributed by atoms with Gasteiger partial charge in [0.25, 0.3) is 11.8 Å². The molecule has 2 heterocycles. The van der Waals surface area contributed by atoms with Crippen molar-refractivity contribution in [3.63, 3.8) is 0 Å². The van der Waals surface area contributed by atoms with Gasteiger partial charge in [-0.2, -0.15) is 0 Å². The third-order valence-corrected chi connectivity index (χ3v) is 5.48. The predicted octanol–water partition coefficient (Wildman–Crippen LogP) is 3.31. The minimum Gasteiger partial charge on any atom is -0.450 e. The van der Waals surface area contributed by atoms with Gasteiger partial charge in [0.1, 0.15) is 5.00 Å². The number of thiophene rings is 1. The second-order valence-corrected chi connectivity index (χ2v) is 7.62. The van der Waals surface area contributed by atoms with Crippen molar-refractivity contribution >= 4 is 34.2 Å². The first-order valence-electron chi connectivity index (χ1n) is 8.76. The number of imide groups is 1. The molecule has 3 amide bonds. The van der Waals surface area contributed by atoms with Crippen LogP contribution in [0.5, 0.6) is 0 Å². The van der Waals surface area contributed by atoms with Crippen LogP contribution < -0.4 is 10.6 Å². The minimum absolute atomic E-state index is 0.0593. The van der Waals surface area contributed by atoms with Gasteiger partial charge in [0.2, 0.25) is 5.76 Å². The SMILES string of the molecule is CCOC(=O)NC(=O)c1c(NC(=O)c2cc(C)no2)sc2c1CCC(C)C2. The first-order chi connectivity index (χ1) is 12.9. The molecule has 2 aromatic heterocycles. The summed E-state index contributed by atoms with van der Waals surface area (Å²) in [6, 6.07) is 1.52. The summed E-state index contributed by atoms with van der Waals surface area (Å²) in [5.41, 5.74) is 1.78. The largest absolute Gasteiger partial charge is 0.450 e. The topological polar surface area (TPSA) is 111 Å². The summed E-state index contributed by atoms with van der Waals surface area (Å²) in [6.45, 7) is 5.68. The van der Waals surface area contributed by atoms with Crippen LogP contribution >= 0.6 is 11.3 Å². The van der Waals surface area contributed by atoms with Crippen molar-refractivity contribution in [2.45, 2.75) is 40.0 Å². The van der Waals surface area contributed by atoms with Gasteiger partial charge < -0.3 is 14.6 Å². The smallest absolute Gasteiger partial charge is 0.414 e. The molecule has 0 fully saturated rings. The highest BCUT2D eigenvalue weighted by Crippen LogP contribution is 2.39. The lowest BCUT2D eigenvalue weighted by Crippen LogP contribution is -2.32. The van der Waals surface area contributed by atoms with Crippen LogP contribution in [0.1, 0.15) is 57.3 Å². The molecule has 0 spiro atoms. The number of nitrogens with one attached hydrogen (secondary N) is 2. The fourth-order valence-electron chi connectivity index (χ4n) is 3.04. The van der Waals surface area contributed by atoms with Crippen molar-refractivity contribution in [2.75, 3.05) is 11.9 Å². The number of amides is 3. The van der Waals surface area contributed by atoms with Gasteiger partial charge in [-0.3, -0.25) is 14.9 Å². The van der Waals surface area contributed by atoms with E-state index in [0.717, 1.165) is 29.7 Å². The van der Waals surface area contributed by atoms with Crippen molar-refractivity contribution < 1.29 is 23.6 Å². The van der Waals surface area contributed by atoms with Gasteiger partial charge in [-0.25, -0.2) is 4.79 Å². The van der Waals surface area contributed by atoms with Crippen molar-refractivity contribution in [3.8, 4) is 0 Å². The van der Waals surface area contributed by atoms with Gasteiger partial charge in [-0.15, -0.1) is 11.3 Å². The molecule has 0 saturated carbocycles. The van der Waals surface area contributed by atoms with Crippen molar-refractivity contribution in [1.29, 1.82) is 0 Å². The van der Waals surface area contributed by atoms with E-state index in [1.54, 1.807) is 13.8 Å². The second-order valence-electron chi connectivity index (χ2n) is 6.52. The maximum Gasteiger partial charge on any atom is 0.414 e. The molecule has 2 N–H and O–H groups in total. The van der Waals surface area contributed by atoms with Gasteiger partial charge in [0.15, 0.2) is 0 Å². The predicted molar refractivity (Wildman–Crippen MR) is 99.2 cm³/mol. The molecule has 0 radical (unpaired) electrons. The molecule has 0 saturated heterocycles. The van der Waals surface area contributed by atoms with Gasteiger partial charge in [0, 0.05) is 10.9 Å². The zero-order valence-corrected chi connectivity index (χ0v) is 16.2. The third-order valence-electron chi connectivity index (χ3n) is 4.31. The zero-order chi connectivity index (χ0) is 19.6. The van der Waals surface area contributed by atoms with E-state index in [2.05, 4.69) is 22.7 Å². The molecular formula is C18H21N3O5S. The van der Waals surface area contributed by atoms with E-state index in [0.29, 0.717) is 22.2 Å². The Labute approximate surface area is 160 Å². The molecule has 2 aromatic rings. The Hall–Kier alpha value is -2.68. The number of rotatable bonds is 4. The third kappa shape index (κ3) is 4.19. The molecule has 27 heavy (non-hydrogen) atoms. The molecule has 9 heteroatoms. The molecule has 0 bridgehead atoms. The number of hydrogen-bond donors (Lipinski definition) is 2. The Bertz CT molecular complexity index is 886. The molecule has 8 nitrogen and oxygen atoms in total. The molecule has 144 valence electrons. The zero-order valence-electron chi connectivity index (χ0n) is 15.4. The molecule has 1 atom stereocenters. The van der Waals surface area contributed by atoms with E-state index in [4.69, 9.17) is 9.26 Å². The Kier molecular flexibility index (Phi) is 5.59. The Morgan fingerprint density at radius 1 is 1.37 bits per heavy atom.